The normalized spacial score (nSPS) is 10.2. The quantitative estimate of drug-likeness (QED) is 0.714. The van der Waals surface area contributed by atoms with Gasteiger partial charge in [-0.1, -0.05) is 6.92 Å². The third-order valence-electron chi connectivity index (χ3n) is 2.16. The molecule has 0 saturated carbocycles. The van der Waals surface area contributed by atoms with Crippen molar-refractivity contribution in [3.63, 3.8) is 0 Å². The molecule has 2 aromatic heterocycles. The zero-order valence-corrected chi connectivity index (χ0v) is 9.49. The molecule has 0 fully saturated rings. The summed E-state index contributed by atoms with van der Waals surface area (Å²) in [7, 11) is 1.28. The number of ether oxygens (including phenoxy) is 1. The molecule has 2 rings (SSSR count). The zero-order chi connectivity index (χ0) is 12.3. The number of carbonyl (C=O) groups excluding carboxylic acids is 1. The van der Waals surface area contributed by atoms with E-state index in [4.69, 9.17) is 0 Å². The lowest BCUT2D eigenvalue weighted by Crippen LogP contribution is -2.08. The van der Waals surface area contributed by atoms with Crippen molar-refractivity contribution in [2.24, 2.45) is 0 Å². The summed E-state index contributed by atoms with van der Waals surface area (Å²) in [6.07, 6.45) is 5.31. The number of methoxy groups -OCH3 is 1. The minimum Gasteiger partial charge on any atom is -0.463 e. The van der Waals surface area contributed by atoms with Gasteiger partial charge >= 0.3 is 5.97 Å². The summed E-state index contributed by atoms with van der Waals surface area (Å²) < 4.78 is 5.94. The van der Waals surface area contributed by atoms with Gasteiger partial charge in [-0.05, 0) is 6.42 Å². The average molecular weight is 233 g/mol. The van der Waals surface area contributed by atoms with Crippen LogP contribution in [0, 0.1) is 0 Å². The first kappa shape index (κ1) is 11.2. The molecule has 0 aromatic carbocycles. The Bertz CT molecular complexity index is 537. The largest absolute Gasteiger partial charge is 0.463 e. The van der Waals surface area contributed by atoms with E-state index in [9.17, 15) is 4.79 Å². The van der Waals surface area contributed by atoms with Gasteiger partial charge in [0.2, 0.25) is 0 Å². The van der Waals surface area contributed by atoms with Gasteiger partial charge in [0.15, 0.2) is 5.82 Å². The Balaban J connectivity index is 2.40. The summed E-state index contributed by atoms with van der Waals surface area (Å²) in [5.74, 6) is -0.0106. The highest BCUT2D eigenvalue weighted by Gasteiger charge is 2.14. The Morgan fingerprint density at radius 1 is 1.35 bits per heavy atom. The molecular formula is C10H11N5O2. The third kappa shape index (κ3) is 2.12. The van der Waals surface area contributed by atoms with Gasteiger partial charge in [-0.2, -0.15) is 4.68 Å². The Labute approximate surface area is 97.5 Å². The predicted octanol–water partition coefficient (Wildman–Crippen LogP) is 0.406. The van der Waals surface area contributed by atoms with Gasteiger partial charge in [-0.25, -0.2) is 14.8 Å². The van der Waals surface area contributed by atoms with Gasteiger partial charge in [0.1, 0.15) is 6.33 Å². The molecule has 0 unspecified atom stereocenters. The van der Waals surface area contributed by atoms with Gasteiger partial charge in [-0.3, -0.25) is 4.98 Å². The van der Waals surface area contributed by atoms with Crippen LogP contribution < -0.4 is 0 Å². The molecule has 88 valence electrons. The number of aryl methyl sites for hydroxylation is 1. The first-order valence-corrected chi connectivity index (χ1v) is 5.06. The molecule has 0 aliphatic heterocycles. The van der Waals surface area contributed by atoms with Gasteiger partial charge in [0, 0.05) is 12.4 Å². The van der Waals surface area contributed by atoms with Gasteiger partial charge in [-0.15, -0.1) is 5.10 Å². The molecule has 0 amide bonds. The average Bonchev–Trinajstić information content (AvgIpc) is 2.87. The van der Waals surface area contributed by atoms with E-state index < -0.39 is 5.97 Å². The summed E-state index contributed by atoms with van der Waals surface area (Å²) in [6.45, 7) is 1.96. The molecule has 17 heavy (non-hydrogen) atoms. The van der Waals surface area contributed by atoms with E-state index in [0.717, 1.165) is 12.1 Å². The first-order valence-electron chi connectivity index (χ1n) is 5.06. The van der Waals surface area contributed by atoms with E-state index in [1.54, 1.807) is 12.4 Å². The van der Waals surface area contributed by atoms with Crippen LogP contribution in [0.15, 0.2) is 18.7 Å². The monoisotopic (exact) mass is 233 g/mol. The lowest BCUT2D eigenvalue weighted by Gasteiger charge is -2.03. The number of hydrogen-bond acceptors (Lipinski definition) is 6. The van der Waals surface area contributed by atoms with E-state index in [1.807, 2.05) is 6.92 Å². The SMILES string of the molecule is CCc1nccnc1-n1cnc(C(=O)OC)n1. The highest BCUT2D eigenvalue weighted by molar-refractivity contribution is 5.84. The van der Waals surface area contributed by atoms with Crippen molar-refractivity contribution in [3.05, 3.63) is 30.2 Å². The van der Waals surface area contributed by atoms with Gasteiger partial charge in [0.05, 0.1) is 12.8 Å². The molecule has 7 nitrogen and oxygen atoms in total. The van der Waals surface area contributed by atoms with E-state index in [0.29, 0.717) is 5.82 Å². The molecule has 0 bridgehead atoms. The molecule has 2 heterocycles. The van der Waals surface area contributed by atoms with Crippen LogP contribution in [0.5, 0.6) is 0 Å². The molecule has 0 N–H and O–H groups in total. The molecule has 0 spiro atoms. The molecule has 0 aliphatic rings. The van der Waals surface area contributed by atoms with Gasteiger partial charge < -0.3 is 4.74 Å². The van der Waals surface area contributed by atoms with Crippen LogP contribution in [-0.4, -0.2) is 37.8 Å². The highest BCUT2D eigenvalue weighted by atomic mass is 16.5. The Hall–Kier alpha value is -2.31. The second-order valence-electron chi connectivity index (χ2n) is 3.18. The highest BCUT2D eigenvalue weighted by Crippen LogP contribution is 2.07. The number of nitrogens with zero attached hydrogens (tertiary/aromatic N) is 5. The second-order valence-corrected chi connectivity index (χ2v) is 3.18. The minimum atomic E-state index is -0.578. The molecule has 0 radical (unpaired) electrons. The fourth-order valence-electron chi connectivity index (χ4n) is 1.35. The van der Waals surface area contributed by atoms with Crippen molar-refractivity contribution in [1.29, 1.82) is 0 Å². The van der Waals surface area contributed by atoms with Crippen LogP contribution in [0.1, 0.15) is 23.2 Å². The summed E-state index contributed by atoms with van der Waals surface area (Å²) in [6, 6.07) is 0. The summed E-state index contributed by atoms with van der Waals surface area (Å²) in [4.78, 5) is 23.4. The molecule has 0 saturated heterocycles. The van der Waals surface area contributed by atoms with Gasteiger partial charge in [0.25, 0.3) is 5.82 Å². The topological polar surface area (TPSA) is 82.8 Å². The summed E-state index contributed by atoms with van der Waals surface area (Å²) in [5.41, 5.74) is 0.786. The van der Waals surface area contributed by atoms with E-state index >= 15 is 0 Å². The van der Waals surface area contributed by atoms with Crippen molar-refractivity contribution < 1.29 is 9.53 Å². The van der Waals surface area contributed by atoms with Crippen LogP contribution >= 0.6 is 0 Å². The third-order valence-corrected chi connectivity index (χ3v) is 2.16. The van der Waals surface area contributed by atoms with Crippen LogP contribution in [0.3, 0.4) is 0 Å². The first-order chi connectivity index (χ1) is 8.26. The van der Waals surface area contributed by atoms with E-state index in [1.165, 1.54) is 18.1 Å². The van der Waals surface area contributed by atoms with Crippen molar-refractivity contribution in [2.45, 2.75) is 13.3 Å². The number of rotatable bonds is 3. The summed E-state index contributed by atoms with van der Waals surface area (Å²) >= 11 is 0. The lowest BCUT2D eigenvalue weighted by atomic mass is 10.3. The molecule has 2 aromatic rings. The molecular weight excluding hydrogens is 222 g/mol. The Kier molecular flexibility index (Phi) is 3.08. The fourth-order valence-corrected chi connectivity index (χ4v) is 1.35. The molecule has 7 heteroatoms. The Morgan fingerprint density at radius 2 is 2.12 bits per heavy atom. The van der Waals surface area contributed by atoms with E-state index in [-0.39, 0.29) is 5.82 Å². The van der Waals surface area contributed by atoms with Crippen molar-refractivity contribution in [3.8, 4) is 5.82 Å². The molecule has 0 atom stereocenters. The predicted molar refractivity (Wildman–Crippen MR) is 57.7 cm³/mol. The van der Waals surface area contributed by atoms with Crippen LogP contribution in [0.25, 0.3) is 5.82 Å². The minimum absolute atomic E-state index is 0.000191. The van der Waals surface area contributed by atoms with Crippen LogP contribution in [-0.2, 0) is 11.2 Å². The Morgan fingerprint density at radius 3 is 2.82 bits per heavy atom. The number of carbonyl (C=O) groups is 1. The smallest absolute Gasteiger partial charge is 0.377 e. The van der Waals surface area contributed by atoms with Crippen LogP contribution in [0.4, 0.5) is 0 Å². The number of hydrogen-bond donors (Lipinski definition) is 0. The van der Waals surface area contributed by atoms with Crippen molar-refractivity contribution >= 4 is 5.97 Å². The second kappa shape index (κ2) is 4.69. The maximum atomic E-state index is 11.2. The zero-order valence-electron chi connectivity index (χ0n) is 9.49. The molecule has 0 aliphatic carbocycles. The number of esters is 1. The van der Waals surface area contributed by atoms with Crippen molar-refractivity contribution in [1.82, 2.24) is 24.7 Å². The van der Waals surface area contributed by atoms with Crippen molar-refractivity contribution in [2.75, 3.05) is 7.11 Å². The fraction of sp³-hybridized carbons (Fsp3) is 0.300. The standard InChI is InChI=1S/C10H11N5O2/c1-3-7-9(12-5-4-11-7)15-6-13-8(14-15)10(16)17-2/h4-6H,3H2,1-2H3. The van der Waals surface area contributed by atoms with E-state index in [2.05, 4.69) is 24.8 Å². The lowest BCUT2D eigenvalue weighted by molar-refractivity contribution is 0.0587. The maximum absolute atomic E-state index is 11.2. The van der Waals surface area contributed by atoms with Crippen LogP contribution in [0.2, 0.25) is 0 Å². The maximum Gasteiger partial charge on any atom is 0.377 e. The summed E-state index contributed by atoms with van der Waals surface area (Å²) in [5, 5.41) is 3.99. The number of aromatic nitrogens is 5.